The number of hydrogen-bond acceptors (Lipinski definition) is 5. The van der Waals surface area contributed by atoms with Gasteiger partial charge < -0.3 is 0 Å². The number of sulfonamides is 1. The molecule has 11 heteroatoms. The van der Waals surface area contributed by atoms with Gasteiger partial charge in [0.05, 0.1) is 11.9 Å². The van der Waals surface area contributed by atoms with Crippen molar-refractivity contribution in [1.82, 2.24) is 19.7 Å². The van der Waals surface area contributed by atoms with E-state index in [4.69, 9.17) is 0 Å². The first kappa shape index (κ1) is 15.9. The van der Waals surface area contributed by atoms with Gasteiger partial charge in [0.15, 0.2) is 11.4 Å². The van der Waals surface area contributed by atoms with Crippen molar-refractivity contribution in [3.63, 3.8) is 0 Å². The molecule has 1 aromatic heterocycles. The van der Waals surface area contributed by atoms with E-state index in [1.807, 2.05) is 0 Å². The molecule has 0 spiro atoms. The van der Waals surface area contributed by atoms with Crippen molar-refractivity contribution < 1.29 is 26.4 Å². The van der Waals surface area contributed by atoms with Gasteiger partial charge in [0.25, 0.3) is 5.91 Å². The number of carbonyl (C=O) groups is 1. The fourth-order valence-corrected chi connectivity index (χ4v) is 2.09. The van der Waals surface area contributed by atoms with Gasteiger partial charge in [0.2, 0.25) is 10.0 Å². The van der Waals surface area contributed by atoms with Gasteiger partial charge in [-0.05, 0) is 12.1 Å². The number of hydrogen-bond donors (Lipinski definition) is 1. The predicted octanol–water partition coefficient (Wildman–Crippen LogP) is 0.976. The molecule has 0 atom stereocenters. The molecule has 2 aromatic rings. The number of para-hydroxylation sites is 1. The van der Waals surface area contributed by atoms with Crippen molar-refractivity contribution in [1.29, 1.82) is 0 Å². The maximum atomic E-state index is 13.2. The van der Waals surface area contributed by atoms with Gasteiger partial charge in [0.1, 0.15) is 0 Å². The van der Waals surface area contributed by atoms with E-state index in [2.05, 4.69) is 10.3 Å². The molecule has 0 aliphatic carbocycles. The molecule has 0 fully saturated rings. The maximum Gasteiger partial charge on any atom is 0.435 e. The summed E-state index contributed by atoms with van der Waals surface area (Å²) in [6.07, 6.45) is -4.32. The van der Waals surface area contributed by atoms with Gasteiger partial charge in [-0.25, -0.2) is 17.8 Å². The Kier molecular flexibility index (Phi) is 3.92. The molecule has 22 heavy (non-hydrogen) atoms. The van der Waals surface area contributed by atoms with Crippen molar-refractivity contribution in [3.8, 4) is 5.69 Å². The second kappa shape index (κ2) is 5.40. The van der Waals surface area contributed by atoms with E-state index >= 15 is 0 Å². The lowest BCUT2D eigenvalue weighted by molar-refractivity contribution is -0.143. The van der Waals surface area contributed by atoms with Gasteiger partial charge in [-0.2, -0.15) is 13.2 Å². The highest BCUT2D eigenvalue weighted by Gasteiger charge is 2.42. The van der Waals surface area contributed by atoms with Crippen LogP contribution in [0.2, 0.25) is 0 Å². The summed E-state index contributed by atoms with van der Waals surface area (Å²) < 4.78 is 63.4. The highest BCUT2D eigenvalue weighted by atomic mass is 32.2. The van der Waals surface area contributed by atoms with Crippen LogP contribution >= 0.6 is 0 Å². The number of nitrogens with zero attached hydrogens (tertiary/aromatic N) is 3. The van der Waals surface area contributed by atoms with Crippen LogP contribution in [0, 0.1) is 0 Å². The summed E-state index contributed by atoms with van der Waals surface area (Å²) in [7, 11) is -4.03. The Hall–Kier alpha value is -2.43. The van der Waals surface area contributed by atoms with Crippen molar-refractivity contribution >= 4 is 15.9 Å². The molecule has 1 amide bonds. The number of halogens is 3. The number of benzene rings is 1. The Morgan fingerprint density at radius 3 is 2.32 bits per heavy atom. The van der Waals surface area contributed by atoms with Gasteiger partial charge in [0, 0.05) is 0 Å². The smallest absolute Gasteiger partial charge is 0.266 e. The largest absolute Gasteiger partial charge is 0.435 e. The fraction of sp³-hybridized carbons (Fsp3) is 0.182. The molecule has 0 bridgehead atoms. The molecule has 0 aliphatic heterocycles. The first-order valence-electron chi connectivity index (χ1n) is 5.70. The molecular weight excluding hydrogens is 325 g/mol. The van der Waals surface area contributed by atoms with Gasteiger partial charge in [-0.3, -0.25) is 4.79 Å². The lowest BCUT2D eigenvalue weighted by Crippen LogP contribution is -2.31. The number of alkyl halides is 3. The summed E-state index contributed by atoms with van der Waals surface area (Å²) in [5.41, 5.74) is -2.55. The Labute approximate surface area is 122 Å². The van der Waals surface area contributed by atoms with Crippen LogP contribution < -0.4 is 4.72 Å². The van der Waals surface area contributed by atoms with Crippen molar-refractivity contribution in [2.24, 2.45) is 0 Å². The van der Waals surface area contributed by atoms with Crippen LogP contribution in [0.5, 0.6) is 0 Å². The molecule has 1 heterocycles. The van der Waals surface area contributed by atoms with Crippen LogP contribution in [0.3, 0.4) is 0 Å². The Morgan fingerprint density at radius 2 is 1.82 bits per heavy atom. The molecule has 0 saturated carbocycles. The molecule has 118 valence electrons. The molecule has 2 rings (SSSR count). The highest BCUT2D eigenvalue weighted by Crippen LogP contribution is 2.32. The number of aromatic nitrogens is 3. The Balaban J connectivity index is 2.58. The molecule has 1 aromatic carbocycles. The Morgan fingerprint density at radius 1 is 1.23 bits per heavy atom. The molecule has 7 nitrogen and oxygen atoms in total. The molecule has 1 N–H and O–H groups in total. The van der Waals surface area contributed by atoms with Gasteiger partial charge in [-0.1, -0.05) is 23.4 Å². The standard InChI is InChI=1S/C11H9F3N4O3S/c1-22(20,21)16-10(19)8-9(11(12,13)14)18(17-15-8)7-5-3-2-4-6-7/h2-6H,1H3,(H,16,19). The summed E-state index contributed by atoms with van der Waals surface area (Å²) in [5, 5.41) is 6.45. The zero-order chi connectivity index (χ0) is 16.5. The van der Waals surface area contributed by atoms with E-state index in [1.54, 1.807) is 6.07 Å². The predicted molar refractivity (Wildman–Crippen MR) is 68.7 cm³/mol. The fourth-order valence-electron chi connectivity index (χ4n) is 1.66. The lowest BCUT2D eigenvalue weighted by atomic mass is 10.2. The van der Waals surface area contributed by atoms with Crippen molar-refractivity contribution in [3.05, 3.63) is 41.7 Å². The zero-order valence-electron chi connectivity index (χ0n) is 11.0. The number of amides is 1. The molecule has 0 aliphatic rings. The lowest BCUT2D eigenvalue weighted by Gasteiger charge is -2.10. The van der Waals surface area contributed by atoms with Crippen LogP contribution in [0.25, 0.3) is 5.69 Å². The second-order valence-electron chi connectivity index (χ2n) is 4.24. The van der Waals surface area contributed by atoms with E-state index < -0.39 is 33.5 Å². The quantitative estimate of drug-likeness (QED) is 0.903. The highest BCUT2D eigenvalue weighted by molar-refractivity contribution is 7.89. The third-order valence-electron chi connectivity index (χ3n) is 2.43. The summed E-state index contributed by atoms with van der Waals surface area (Å²) in [4.78, 5) is 11.7. The summed E-state index contributed by atoms with van der Waals surface area (Å²) in [6.45, 7) is 0. The van der Waals surface area contributed by atoms with E-state index in [9.17, 15) is 26.4 Å². The van der Waals surface area contributed by atoms with Gasteiger partial charge >= 0.3 is 6.18 Å². The normalized spacial score (nSPS) is 12.2. The van der Waals surface area contributed by atoms with E-state index in [1.165, 1.54) is 29.0 Å². The maximum absolute atomic E-state index is 13.2. The first-order valence-corrected chi connectivity index (χ1v) is 7.59. The molecule has 0 radical (unpaired) electrons. The molecule has 0 unspecified atom stereocenters. The minimum absolute atomic E-state index is 0.0285. The first-order chi connectivity index (χ1) is 10.1. The number of carbonyl (C=O) groups excluding carboxylic acids is 1. The van der Waals surface area contributed by atoms with Crippen molar-refractivity contribution in [2.45, 2.75) is 6.18 Å². The number of nitrogens with one attached hydrogen (secondary N) is 1. The zero-order valence-corrected chi connectivity index (χ0v) is 11.8. The average Bonchev–Trinajstić information content (AvgIpc) is 2.82. The van der Waals surface area contributed by atoms with Crippen LogP contribution in [0.1, 0.15) is 16.2 Å². The third kappa shape index (κ3) is 3.42. The minimum atomic E-state index is -4.95. The van der Waals surface area contributed by atoms with Crippen LogP contribution in [-0.2, 0) is 16.2 Å². The van der Waals surface area contributed by atoms with E-state index in [-0.39, 0.29) is 5.69 Å². The number of rotatable bonds is 3. The molecule has 0 saturated heterocycles. The average molecular weight is 334 g/mol. The summed E-state index contributed by atoms with van der Waals surface area (Å²) in [6, 6.07) is 7.22. The topological polar surface area (TPSA) is 93.9 Å². The molecular formula is C11H9F3N4O3S. The SMILES string of the molecule is CS(=O)(=O)NC(=O)c1nnn(-c2ccccc2)c1C(F)(F)F. The second-order valence-corrected chi connectivity index (χ2v) is 5.98. The van der Waals surface area contributed by atoms with Crippen LogP contribution in [0.4, 0.5) is 13.2 Å². The minimum Gasteiger partial charge on any atom is -0.266 e. The van der Waals surface area contributed by atoms with Crippen LogP contribution in [0.15, 0.2) is 30.3 Å². The van der Waals surface area contributed by atoms with E-state index in [0.717, 1.165) is 0 Å². The third-order valence-corrected chi connectivity index (χ3v) is 2.99. The monoisotopic (exact) mass is 334 g/mol. The Bertz CT molecular complexity index is 800. The van der Waals surface area contributed by atoms with E-state index in [0.29, 0.717) is 10.9 Å². The summed E-state index contributed by atoms with van der Waals surface area (Å²) >= 11 is 0. The summed E-state index contributed by atoms with van der Waals surface area (Å²) in [5.74, 6) is -1.50. The van der Waals surface area contributed by atoms with Crippen LogP contribution in [-0.4, -0.2) is 35.6 Å². The van der Waals surface area contributed by atoms with Gasteiger partial charge in [-0.15, -0.1) is 5.10 Å². The van der Waals surface area contributed by atoms with Crippen molar-refractivity contribution in [2.75, 3.05) is 6.26 Å².